The Kier molecular flexibility index (Phi) is 5.43. The van der Waals surface area contributed by atoms with Gasteiger partial charge in [-0.05, 0) is 49.4 Å². The van der Waals surface area contributed by atoms with Gasteiger partial charge in [0.05, 0.1) is 12.2 Å². The normalized spacial score (nSPS) is 10.2. The fourth-order valence-corrected chi connectivity index (χ4v) is 2.40. The van der Waals surface area contributed by atoms with E-state index in [1.54, 1.807) is 31.3 Å². The topological polar surface area (TPSA) is 67.3 Å². The van der Waals surface area contributed by atoms with E-state index in [0.717, 1.165) is 11.4 Å². The predicted octanol–water partition coefficient (Wildman–Crippen LogP) is 4.16. The van der Waals surface area contributed by atoms with Gasteiger partial charge in [-0.25, -0.2) is 9.78 Å². The first kappa shape index (κ1) is 17.4. The van der Waals surface area contributed by atoms with Crippen LogP contribution in [0.4, 0.5) is 23.1 Å². The molecule has 26 heavy (non-hydrogen) atoms. The minimum absolute atomic E-state index is 0.326. The van der Waals surface area contributed by atoms with Crippen molar-refractivity contribution in [1.82, 2.24) is 9.97 Å². The zero-order valence-corrected chi connectivity index (χ0v) is 14.7. The van der Waals surface area contributed by atoms with Crippen molar-refractivity contribution >= 4 is 29.1 Å². The van der Waals surface area contributed by atoms with E-state index in [2.05, 4.69) is 15.3 Å². The third-order valence-corrected chi connectivity index (χ3v) is 3.75. The van der Waals surface area contributed by atoms with Crippen molar-refractivity contribution in [2.75, 3.05) is 23.9 Å². The van der Waals surface area contributed by atoms with Crippen molar-refractivity contribution in [3.05, 3.63) is 72.4 Å². The van der Waals surface area contributed by atoms with E-state index >= 15 is 0 Å². The number of carbonyl (C=O) groups excluding carboxylic acids is 1. The Morgan fingerprint density at radius 2 is 1.81 bits per heavy atom. The Morgan fingerprint density at radius 1 is 1.08 bits per heavy atom. The zero-order chi connectivity index (χ0) is 18.4. The summed E-state index contributed by atoms with van der Waals surface area (Å²) in [6.45, 7) is 2.14. The van der Waals surface area contributed by atoms with Crippen LogP contribution in [0.1, 0.15) is 17.3 Å². The number of para-hydroxylation sites is 1. The number of nitrogens with one attached hydrogen (secondary N) is 1. The molecule has 1 heterocycles. The number of hydrogen-bond acceptors (Lipinski definition) is 6. The molecule has 0 atom stereocenters. The van der Waals surface area contributed by atoms with Crippen LogP contribution in [0.5, 0.6) is 0 Å². The SMILES string of the molecule is CCOC(=O)c1ccc(Nc2ccnc(N(C)c3ccccc3)n2)cc1. The molecule has 0 radical (unpaired) electrons. The average molecular weight is 348 g/mol. The van der Waals surface area contributed by atoms with Gasteiger partial charge in [0, 0.05) is 24.6 Å². The van der Waals surface area contributed by atoms with Crippen LogP contribution in [0.2, 0.25) is 0 Å². The molecule has 1 aromatic heterocycles. The van der Waals surface area contributed by atoms with Gasteiger partial charge in [-0.3, -0.25) is 0 Å². The van der Waals surface area contributed by atoms with Gasteiger partial charge in [0.2, 0.25) is 5.95 Å². The lowest BCUT2D eigenvalue weighted by Gasteiger charge is -2.17. The summed E-state index contributed by atoms with van der Waals surface area (Å²) in [6.07, 6.45) is 1.71. The molecular weight excluding hydrogens is 328 g/mol. The Hall–Kier alpha value is -3.41. The predicted molar refractivity (Wildman–Crippen MR) is 102 cm³/mol. The molecule has 0 saturated heterocycles. The summed E-state index contributed by atoms with van der Waals surface area (Å²) in [5.74, 6) is 0.930. The molecule has 0 unspecified atom stereocenters. The lowest BCUT2D eigenvalue weighted by atomic mass is 10.2. The second-order valence-electron chi connectivity index (χ2n) is 5.56. The number of ether oxygens (including phenoxy) is 1. The molecule has 0 bridgehead atoms. The van der Waals surface area contributed by atoms with Gasteiger partial charge in [-0.15, -0.1) is 0 Å². The summed E-state index contributed by atoms with van der Waals surface area (Å²) >= 11 is 0. The maximum atomic E-state index is 11.7. The monoisotopic (exact) mass is 348 g/mol. The second kappa shape index (κ2) is 8.11. The van der Waals surface area contributed by atoms with Crippen LogP contribution in [0.15, 0.2) is 66.9 Å². The smallest absolute Gasteiger partial charge is 0.338 e. The van der Waals surface area contributed by atoms with E-state index in [0.29, 0.717) is 23.9 Å². The van der Waals surface area contributed by atoms with Crippen molar-refractivity contribution in [3.63, 3.8) is 0 Å². The molecule has 0 spiro atoms. The maximum Gasteiger partial charge on any atom is 0.338 e. The van der Waals surface area contributed by atoms with Gasteiger partial charge < -0.3 is 15.0 Å². The Morgan fingerprint density at radius 3 is 2.50 bits per heavy atom. The number of aromatic nitrogens is 2. The van der Waals surface area contributed by atoms with Crippen molar-refractivity contribution in [2.45, 2.75) is 6.92 Å². The molecule has 0 aliphatic heterocycles. The van der Waals surface area contributed by atoms with E-state index in [1.165, 1.54) is 0 Å². The van der Waals surface area contributed by atoms with Crippen molar-refractivity contribution in [1.29, 1.82) is 0 Å². The van der Waals surface area contributed by atoms with Gasteiger partial charge >= 0.3 is 5.97 Å². The third kappa shape index (κ3) is 4.16. The molecule has 6 heteroatoms. The number of hydrogen-bond donors (Lipinski definition) is 1. The largest absolute Gasteiger partial charge is 0.462 e. The van der Waals surface area contributed by atoms with Crippen LogP contribution in [0, 0.1) is 0 Å². The highest BCUT2D eigenvalue weighted by molar-refractivity contribution is 5.89. The lowest BCUT2D eigenvalue weighted by Crippen LogP contribution is -2.13. The molecule has 132 valence electrons. The van der Waals surface area contributed by atoms with Crippen molar-refractivity contribution < 1.29 is 9.53 Å². The quantitative estimate of drug-likeness (QED) is 0.675. The highest BCUT2D eigenvalue weighted by Gasteiger charge is 2.09. The van der Waals surface area contributed by atoms with Gasteiger partial charge in [-0.2, -0.15) is 4.98 Å². The van der Waals surface area contributed by atoms with Crippen molar-refractivity contribution in [3.8, 4) is 0 Å². The lowest BCUT2D eigenvalue weighted by molar-refractivity contribution is 0.0526. The van der Waals surface area contributed by atoms with E-state index in [9.17, 15) is 4.79 Å². The highest BCUT2D eigenvalue weighted by atomic mass is 16.5. The number of nitrogens with zero attached hydrogens (tertiary/aromatic N) is 3. The van der Waals surface area contributed by atoms with Crippen LogP contribution in [-0.2, 0) is 4.74 Å². The van der Waals surface area contributed by atoms with Gasteiger partial charge in [0.1, 0.15) is 5.82 Å². The van der Waals surface area contributed by atoms with Crippen LogP contribution in [-0.4, -0.2) is 29.6 Å². The second-order valence-corrected chi connectivity index (χ2v) is 5.56. The fraction of sp³-hybridized carbons (Fsp3) is 0.150. The molecule has 3 rings (SSSR count). The number of rotatable bonds is 6. The van der Waals surface area contributed by atoms with Crippen LogP contribution in [0.25, 0.3) is 0 Å². The molecule has 0 fully saturated rings. The Balaban J connectivity index is 1.74. The summed E-state index contributed by atoms with van der Waals surface area (Å²) in [4.78, 5) is 22.5. The van der Waals surface area contributed by atoms with Crippen LogP contribution in [0.3, 0.4) is 0 Å². The minimum Gasteiger partial charge on any atom is -0.462 e. The van der Waals surface area contributed by atoms with E-state index < -0.39 is 0 Å². The number of anilines is 4. The molecule has 6 nitrogen and oxygen atoms in total. The number of carbonyl (C=O) groups is 1. The fourth-order valence-electron chi connectivity index (χ4n) is 2.40. The summed E-state index contributed by atoms with van der Waals surface area (Å²) in [5, 5.41) is 3.22. The molecule has 0 aliphatic rings. The summed E-state index contributed by atoms with van der Waals surface area (Å²) in [6, 6.07) is 18.8. The molecule has 0 amide bonds. The first-order valence-corrected chi connectivity index (χ1v) is 8.33. The molecule has 0 saturated carbocycles. The van der Waals surface area contributed by atoms with Crippen LogP contribution >= 0.6 is 0 Å². The molecule has 3 aromatic rings. The summed E-state index contributed by atoms with van der Waals surface area (Å²) in [5.41, 5.74) is 2.35. The van der Waals surface area contributed by atoms with Gasteiger partial charge in [0.25, 0.3) is 0 Å². The highest BCUT2D eigenvalue weighted by Crippen LogP contribution is 2.22. The molecular formula is C20H20N4O2. The van der Waals surface area contributed by atoms with Crippen LogP contribution < -0.4 is 10.2 Å². The van der Waals surface area contributed by atoms with E-state index in [1.807, 2.05) is 54.4 Å². The van der Waals surface area contributed by atoms with Gasteiger partial charge in [-0.1, -0.05) is 18.2 Å². The Bertz CT molecular complexity index is 866. The Labute approximate surface area is 152 Å². The minimum atomic E-state index is -0.326. The van der Waals surface area contributed by atoms with E-state index in [4.69, 9.17) is 4.74 Å². The van der Waals surface area contributed by atoms with Gasteiger partial charge in [0.15, 0.2) is 0 Å². The molecule has 0 aliphatic carbocycles. The molecule has 1 N–H and O–H groups in total. The summed E-state index contributed by atoms with van der Waals surface area (Å²) in [7, 11) is 1.92. The molecule has 2 aromatic carbocycles. The number of benzene rings is 2. The number of esters is 1. The standard InChI is InChI=1S/C20H20N4O2/c1-3-26-19(25)15-9-11-16(12-10-15)22-18-13-14-21-20(23-18)24(2)17-7-5-4-6-8-17/h4-14H,3H2,1-2H3,(H,21,22,23). The third-order valence-electron chi connectivity index (χ3n) is 3.75. The maximum absolute atomic E-state index is 11.7. The van der Waals surface area contributed by atoms with E-state index in [-0.39, 0.29) is 5.97 Å². The average Bonchev–Trinajstić information content (AvgIpc) is 2.69. The summed E-state index contributed by atoms with van der Waals surface area (Å²) < 4.78 is 4.98. The first-order valence-electron chi connectivity index (χ1n) is 8.33. The first-order chi connectivity index (χ1) is 12.7. The van der Waals surface area contributed by atoms with Crippen molar-refractivity contribution in [2.24, 2.45) is 0 Å². The zero-order valence-electron chi connectivity index (χ0n) is 14.7.